The van der Waals surface area contributed by atoms with Gasteiger partial charge in [0.05, 0.1) is 59.5 Å². The Kier molecular flexibility index (Phi) is 20.1. The second-order valence-electron chi connectivity index (χ2n) is 11.6. The number of isocyanates is 1. The number of aliphatic imine (C=N–C) groups is 1. The fourth-order valence-electron chi connectivity index (χ4n) is 4.23. The van der Waals surface area contributed by atoms with Crippen LogP contribution >= 0.6 is 0 Å². The minimum Gasteiger partial charge on any atom is -1.00 e. The lowest BCUT2D eigenvalue weighted by atomic mass is 10.1. The van der Waals surface area contributed by atoms with Crippen LogP contribution in [0.1, 0.15) is 91.9 Å². The third kappa shape index (κ3) is 16.4. The topological polar surface area (TPSA) is 219 Å². The summed E-state index contributed by atoms with van der Waals surface area (Å²) in [5.41, 5.74) is 8.58. The van der Waals surface area contributed by atoms with Crippen molar-refractivity contribution in [2.75, 3.05) is 0 Å². The molecule has 0 saturated carbocycles. The summed E-state index contributed by atoms with van der Waals surface area (Å²) < 4.78 is 10.5. The van der Waals surface area contributed by atoms with Gasteiger partial charge in [0.2, 0.25) is 12.2 Å². The van der Waals surface area contributed by atoms with Gasteiger partial charge in [-0.25, -0.2) is 24.4 Å². The molecule has 14 heteroatoms. The Balaban J connectivity index is 0.000000463. The van der Waals surface area contributed by atoms with E-state index in [2.05, 4.69) is 32.1 Å². The molecule has 274 valence electrons. The van der Waals surface area contributed by atoms with Gasteiger partial charge in [-0.1, -0.05) is 36.4 Å². The van der Waals surface area contributed by atoms with E-state index in [4.69, 9.17) is 25.3 Å². The second-order valence-corrected chi connectivity index (χ2v) is 11.6. The van der Waals surface area contributed by atoms with Crippen molar-refractivity contribution in [2.45, 2.75) is 71.4 Å². The normalized spacial score (nSPS) is 11.8. The third-order valence-electron chi connectivity index (χ3n) is 7.10. The summed E-state index contributed by atoms with van der Waals surface area (Å²) in [5.74, 6) is -0.301. The summed E-state index contributed by atoms with van der Waals surface area (Å²) in [7, 11) is 0. The van der Waals surface area contributed by atoms with Crippen molar-refractivity contribution in [3.05, 3.63) is 130 Å². The van der Waals surface area contributed by atoms with E-state index < -0.39 is 18.2 Å². The van der Waals surface area contributed by atoms with Crippen LogP contribution in [-0.4, -0.2) is 40.3 Å². The van der Waals surface area contributed by atoms with Crippen LogP contribution in [0.5, 0.6) is 0 Å². The van der Waals surface area contributed by atoms with Crippen molar-refractivity contribution in [1.82, 2.24) is 15.3 Å². The Morgan fingerprint density at radius 2 is 1.21 bits per heavy atom. The number of carbonyl (C=O) groups excluding carboxylic acids is 3. The van der Waals surface area contributed by atoms with Crippen LogP contribution in [0.3, 0.4) is 0 Å². The molecule has 0 spiro atoms. The Bertz CT molecular complexity index is 1900. The first kappa shape index (κ1) is 44.6. The lowest BCUT2D eigenvalue weighted by Gasteiger charge is -2.20. The van der Waals surface area contributed by atoms with Crippen LogP contribution in [0, 0.1) is 34.0 Å². The zero-order chi connectivity index (χ0) is 38.5. The van der Waals surface area contributed by atoms with Crippen molar-refractivity contribution >= 4 is 18.1 Å². The maximum absolute atomic E-state index is 12.3. The number of nitriles is 3. The first-order valence-electron chi connectivity index (χ1n) is 16.2. The molecule has 4 rings (SSSR count). The minimum absolute atomic E-state index is 0. The predicted molar refractivity (Wildman–Crippen MR) is 190 cm³/mol. The molecule has 0 saturated heterocycles. The van der Waals surface area contributed by atoms with Gasteiger partial charge in [0, 0.05) is 18.0 Å². The monoisotopic (exact) mass is 736 g/mol. The molecule has 0 aliphatic rings. The van der Waals surface area contributed by atoms with Gasteiger partial charge in [-0.05, 0) is 88.2 Å². The average Bonchev–Trinajstić information content (AvgIpc) is 3.15. The molecule has 4 N–H and O–H groups in total. The van der Waals surface area contributed by atoms with Crippen molar-refractivity contribution in [1.29, 1.82) is 15.8 Å². The van der Waals surface area contributed by atoms with Gasteiger partial charge in [-0.15, -0.1) is 0 Å². The molecule has 0 bridgehead atoms. The first-order valence-corrected chi connectivity index (χ1v) is 16.2. The van der Waals surface area contributed by atoms with Crippen molar-refractivity contribution < 1.29 is 42.0 Å². The van der Waals surface area contributed by atoms with Gasteiger partial charge in [0.25, 0.3) is 0 Å². The molecule has 0 aliphatic heterocycles. The molecular formula is C39H41ClN8O5. The molecule has 1 aromatic heterocycles. The Morgan fingerprint density at radius 1 is 0.755 bits per heavy atom. The molecule has 0 fully saturated rings. The van der Waals surface area contributed by atoms with Crippen LogP contribution < -0.4 is 23.5 Å². The highest BCUT2D eigenvalue weighted by atomic mass is 35.5. The van der Waals surface area contributed by atoms with Crippen LogP contribution in [0.4, 0.5) is 4.79 Å². The van der Waals surface area contributed by atoms with E-state index in [-0.39, 0.29) is 37.0 Å². The van der Waals surface area contributed by atoms with E-state index in [1.54, 1.807) is 94.7 Å². The average molecular weight is 737 g/mol. The van der Waals surface area contributed by atoms with Crippen LogP contribution in [0.2, 0.25) is 0 Å². The maximum Gasteiger partial charge on any atom is 0.408 e. The zero-order valence-electron chi connectivity index (χ0n) is 30.1. The number of nitrogens with one attached hydrogen (secondary N) is 1. The highest BCUT2D eigenvalue weighted by molar-refractivity contribution is 5.79. The second kappa shape index (κ2) is 23.9. The number of nitrogens with zero attached hydrogens (tertiary/aromatic N) is 6. The molecule has 1 amide bonds. The van der Waals surface area contributed by atoms with Crippen LogP contribution in [-0.2, 0) is 25.5 Å². The number of ether oxygens (including phenoxy) is 2. The highest BCUT2D eigenvalue weighted by Crippen LogP contribution is 2.16. The number of quaternary nitrogens is 1. The number of hydrogen-bond donors (Lipinski definition) is 2. The fraction of sp³-hybridized carbons (Fsp3) is 0.282. The number of hydrogen-bond acceptors (Lipinski definition) is 11. The summed E-state index contributed by atoms with van der Waals surface area (Å²) in [4.78, 5) is 46.3. The number of carbonyl (C=O) groups is 2. The smallest absolute Gasteiger partial charge is 0.408 e. The van der Waals surface area contributed by atoms with E-state index in [0.29, 0.717) is 28.6 Å². The highest BCUT2D eigenvalue weighted by Gasteiger charge is 2.27. The number of esters is 1. The number of amides is 1. The van der Waals surface area contributed by atoms with E-state index in [1.807, 2.05) is 43.3 Å². The fourth-order valence-corrected chi connectivity index (χ4v) is 4.23. The molecule has 0 radical (unpaired) electrons. The van der Waals surface area contributed by atoms with E-state index in [9.17, 15) is 14.4 Å². The van der Waals surface area contributed by atoms with Crippen LogP contribution in [0.25, 0.3) is 0 Å². The van der Waals surface area contributed by atoms with Crippen molar-refractivity contribution in [3.63, 3.8) is 0 Å². The van der Waals surface area contributed by atoms with Gasteiger partial charge in [0.15, 0.2) is 0 Å². The molecule has 0 aliphatic carbocycles. The van der Waals surface area contributed by atoms with Crippen molar-refractivity contribution in [2.24, 2.45) is 4.99 Å². The summed E-state index contributed by atoms with van der Waals surface area (Å²) in [6.45, 7) is 9.01. The summed E-state index contributed by atoms with van der Waals surface area (Å²) in [5, 5.41) is 28.6. The van der Waals surface area contributed by atoms with Gasteiger partial charge in [-0.3, -0.25) is 0 Å². The molecule has 1 heterocycles. The maximum atomic E-state index is 12.3. The summed E-state index contributed by atoms with van der Waals surface area (Å²) >= 11 is 0. The predicted octanol–water partition coefficient (Wildman–Crippen LogP) is 2.52. The third-order valence-corrected chi connectivity index (χ3v) is 7.10. The molecule has 53 heavy (non-hydrogen) atoms. The van der Waals surface area contributed by atoms with Gasteiger partial charge in [0.1, 0.15) is 11.9 Å². The molecule has 4 atom stereocenters. The van der Waals surface area contributed by atoms with Crippen molar-refractivity contribution in [3.8, 4) is 18.2 Å². The van der Waals surface area contributed by atoms with E-state index in [0.717, 1.165) is 11.1 Å². The standard InChI is InChI=1S/C20H22N4O4.C10H8N2O.C9H10N2.ClH/c1-13(2)27-19(25)17(11-18-22-9-4-10-23-18)28-20(26)24-14(3)16-7-5-15(12-21)6-8-16;1-8(12-7-13)10-4-2-9(6-11)3-5-10;1-7(11)9-4-2-8(6-10)3-5-9;/h4-10,13-14,17H,11H2,1-3H3,(H,24,26);2-5,8H,1H3;2-5,7H,11H2,1H3;1H/t14-,17?;8-;7-;/m000./s1. The molecule has 3 aromatic carbocycles. The Labute approximate surface area is 315 Å². The van der Waals surface area contributed by atoms with Gasteiger partial charge < -0.3 is 32.9 Å². The number of rotatable bonds is 10. The quantitative estimate of drug-likeness (QED) is 0.138. The van der Waals surface area contributed by atoms with Gasteiger partial charge >= 0.3 is 12.1 Å². The summed E-state index contributed by atoms with van der Waals surface area (Å²) in [6.07, 6.45) is 2.31. The first-order chi connectivity index (χ1) is 24.9. The molecule has 1 unspecified atom stereocenters. The summed E-state index contributed by atoms with van der Waals surface area (Å²) in [6, 6.07) is 28.8. The van der Waals surface area contributed by atoms with Crippen LogP contribution in [0.15, 0.2) is 96.2 Å². The largest absolute Gasteiger partial charge is 1.00 e. The zero-order valence-corrected chi connectivity index (χ0v) is 30.8. The van der Waals surface area contributed by atoms with Gasteiger partial charge in [-0.2, -0.15) is 20.8 Å². The molecule has 13 nitrogen and oxygen atoms in total. The van der Waals surface area contributed by atoms with E-state index in [1.165, 1.54) is 11.6 Å². The number of halogens is 1. The minimum atomic E-state index is -1.17. The van der Waals surface area contributed by atoms with E-state index >= 15 is 0 Å². The molecular weight excluding hydrogens is 696 g/mol. The number of aromatic nitrogens is 2. The molecule has 4 aromatic rings. The Morgan fingerprint density at radius 3 is 1.62 bits per heavy atom. The Hall–Kier alpha value is -6.42. The lowest BCUT2D eigenvalue weighted by Crippen LogP contribution is -3.00. The SMILES string of the molecule is CC(C)OC(=O)C(Cc1ncccn1)OC(=O)N[C@@H](C)c1ccc(C#N)cc1.C[C@H](N=C=O)c1ccc(C#N)cc1.C[C@H]([NH3+])c1ccc(C#N)cc1.[Cl-]. The lowest BCUT2D eigenvalue weighted by molar-refractivity contribution is -0.420. The number of benzene rings is 3. The number of alkyl carbamates (subject to hydrolysis) is 1.